The van der Waals surface area contributed by atoms with Crippen molar-refractivity contribution in [2.45, 2.75) is 70.8 Å². The Kier molecular flexibility index (Phi) is 4.44. The topological polar surface area (TPSA) is 37.3 Å². The van der Waals surface area contributed by atoms with Crippen LogP contribution in [-0.4, -0.2) is 16.5 Å². The second-order valence-electron chi connectivity index (χ2n) is 11.1. The molecule has 7 rings (SSSR count). The van der Waals surface area contributed by atoms with Crippen molar-refractivity contribution in [2.75, 3.05) is 0 Å². The molecule has 0 radical (unpaired) electrons. The number of allylic oxidation sites excluding steroid dienone is 4. The van der Waals surface area contributed by atoms with Crippen LogP contribution in [0.4, 0.5) is 0 Å². The third-order valence-electron chi connectivity index (χ3n) is 9.94. The van der Waals surface area contributed by atoms with Crippen molar-refractivity contribution in [2.24, 2.45) is 28.6 Å². The molecule has 32 heavy (non-hydrogen) atoms. The maximum absolute atomic E-state index is 12.5. The van der Waals surface area contributed by atoms with Crippen molar-refractivity contribution < 1.29 is 9.90 Å². The molecule has 1 unspecified atom stereocenters. The van der Waals surface area contributed by atoms with E-state index in [1.807, 2.05) is 6.08 Å². The van der Waals surface area contributed by atoms with Crippen LogP contribution in [0.15, 0.2) is 41.0 Å². The summed E-state index contributed by atoms with van der Waals surface area (Å²) in [5.74, 6) is 8.19. The molecule has 6 aliphatic rings. The summed E-state index contributed by atoms with van der Waals surface area (Å²) in [4.78, 5) is 12.5. The number of rotatable bonds is 1. The summed E-state index contributed by atoms with van der Waals surface area (Å²) in [6.45, 7) is 4.45. The summed E-state index contributed by atoms with van der Waals surface area (Å²) >= 11 is 7.00. The SMILES string of the molecule is CCc1ccc2c(c1)C[C@]13CCC(=O)C=C1C(Cl)=C[C@@H]1C3CC[C@@]3(C)[C@H]1CC[C@]3(O)C#C2. The minimum absolute atomic E-state index is 0.125. The summed E-state index contributed by atoms with van der Waals surface area (Å²) < 4.78 is 0. The van der Waals surface area contributed by atoms with Gasteiger partial charge in [-0.05, 0) is 91.5 Å². The van der Waals surface area contributed by atoms with Crippen LogP contribution in [-0.2, 0) is 17.6 Å². The normalized spacial score (nSPS) is 41.5. The zero-order chi connectivity index (χ0) is 22.3. The van der Waals surface area contributed by atoms with Gasteiger partial charge >= 0.3 is 0 Å². The molecule has 1 aromatic rings. The lowest BCUT2D eigenvalue weighted by molar-refractivity contribution is -0.117. The van der Waals surface area contributed by atoms with Gasteiger partial charge < -0.3 is 5.11 Å². The molecule has 2 fully saturated rings. The molecule has 0 amide bonds. The zero-order valence-corrected chi connectivity index (χ0v) is 19.8. The highest BCUT2D eigenvalue weighted by atomic mass is 35.5. The average Bonchev–Trinajstić information content (AvgIpc) is 3.04. The van der Waals surface area contributed by atoms with E-state index >= 15 is 0 Å². The molecule has 2 saturated carbocycles. The number of halogens is 1. The van der Waals surface area contributed by atoms with Crippen molar-refractivity contribution in [3.8, 4) is 11.8 Å². The highest BCUT2D eigenvalue weighted by Crippen LogP contribution is 2.68. The predicted molar refractivity (Wildman–Crippen MR) is 127 cm³/mol. The van der Waals surface area contributed by atoms with E-state index in [2.05, 4.69) is 50.0 Å². The van der Waals surface area contributed by atoms with Gasteiger partial charge in [-0.2, -0.15) is 0 Å². The van der Waals surface area contributed by atoms with E-state index in [0.29, 0.717) is 24.2 Å². The Morgan fingerprint density at radius 1 is 1.19 bits per heavy atom. The molecule has 6 aliphatic carbocycles. The van der Waals surface area contributed by atoms with Crippen LogP contribution in [0.3, 0.4) is 0 Å². The van der Waals surface area contributed by atoms with Crippen molar-refractivity contribution in [3.63, 3.8) is 0 Å². The maximum atomic E-state index is 12.5. The van der Waals surface area contributed by atoms with Crippen LogP contribution in [0.25, 0.3) is 0 Å². The standard InChI is InChI=1S/C29H31ClO2/c1-3-18-4-5-19-6-12-29(32)13-9-23-22-16-26(30)25-15-21(31)7-11-28(25,17-20(19)14-18)24(22)8-10-27(23,29)2/h4-5,14-16,22-24,32H,3,7-11,13,17H2,1-2H3/t22-,23-,24?,27-,28-,29+/m0/s1. The van der Waals surface area contributed by atoms with E-state index in [9.17, 15) is 9.90 Å². The molecule has 0 saturated heterocycles. The van der Waals surface area contributed by atoms with E-state index in [4.69, 9.17) is 11.6 Å². The monoisotopic (exact) mass is 446 g/mol. The van der Waals surface area contributed by atoms with E-state index < -0.39 is 5.60 Å². The van der Waals surface area contributed by atoms with E-state index in [0.717, 1.165) is 61.1 Å². The minimum Gasteiger partial charge on any atom is -0.377 e. The van der Waals surface area contributed by atoms with Gasteiger partial charge in [0, 0.05) is 27.8 Å². The maximum Gasteiger partial charge on any atom is 0.156 e. The number of fused-ring (bicyclic) bond motifs is 1. The van der Waals surface area contributed by atoms with Crippen LogP contribution in [0.5, 0.6) is 0 Å². The number of hydrogen-bond donors (Lipinski definition) is 1. The molecule has 0 aromatic heterocycles. The van der Waals surface area contributed by atoms with Gasteiger partial charge in [-0.15, -0.1) is 0 Å². The van der Waals surface area contributed by atoms with Crippen LogP contribution < -0.4 is 0 Å². The van der Waals surface area contributed by atoms with E-state index in [-0.39, 0.29) is 16.6 Å². The Bertz CT molecular complexity index is 1150. The molecule has 0 aliphatic heterocycles. The second-order valence-corrected chi connectivity index (χ2v) is 11.5. The number of benzene rings is 1. The van der Waals surface area contributed by atoms with Crippen molar-refractivity contribution >= 4 is 17.4 Å². The first-order valence-corrected chi connectivity index (χ1v) is 12.7. The van der Waals surface area contributed by atoms with Gasteiger partial charge in [0.2, 0.25) is 0 Å². The Morgan fingerprint density at radius 2 is 2.00 bits per heavy atom. The quantitative estimate of drug-likeness (QED) is 0.558. The Balaban J connectivity index is 1.65. The van der Waals surface area contributed by atoms with Crippen molar-refractivity contribution in [1.82, 2.24) is 0 Å². The molecule has 166 valence electrons. The first-order chi connectivity index (χ1) is 15.3. The minimum atomic E-state index is -0.959. The van der Waals surface area contributed by atoms with E-state index in [1.165, 1.54) is 11.1 Å². The van der Waals surface area contributed by atoms with Gasteiger partial charge in [0.05, 0.1) is 0 Å². The molecule has 1 N–H and O–H groups in total. The highest BCUT2D eigenvalue weighted by Gasteiger charge is 2.64. The first kappa shape index (κ1) is 20.8. The first-order valence-electron chi connectivity index (χ1n) is 12.3. The Labute approximate surface area is 196 Å². The third-order valence-corrected chi connectivity index (χ3v) is 10.3. The molecular weight excluding hydrogens is 416 g/mol. The lowest BCUT2D eigenvalue weighted by Gasteiger charge is -2.58. The molecule has 6 atom stereocenters. The summed E-state index contributed by atoms with van der Waals surface area (Å²) in [6.07, 6.45) is 11.2. The summed E-state index contributed by atoms with van der Waals surface area (Å²) in [7, 11) is 0. The average molecular weight is 447 g/mol. The molecule has 0 heterocycles. The molecule has 6 bridgehead atoms. The van der Waals surface area contributed by atoms with Crippen LogP contribution in [0.1, 0.15) is 69.1 Å². The Hall–Kier alpha value is -1.82. The van der Waals surface area contributed by atoms with Crippen LogP contribution in [0, 0.1) is 40.4 Å². The fourth-order valence-corrected chi connectivity index (χ4v) is 8.45. The van der Waals surface area contributed by atoms with Gasteiger partial charge in [0.1, 0.15) is 5.60 Å². The highest BCUT2D eigenvalue weighted by molar-refractivity contribution is 6.32. The summed E-state index contributed by atoms with van der Waals surface area (Å²) in [5.41, 5.74) is 3.33. The van der Waals surface area contributed by atoms with Crippen molar-refractivity contribution in [3.05, 3.63) is 57.6 Å². The van der Waals surface area contributed by atoms with Crippen LogP contribution >= 0.6 is 11.6 Å². The van der Waals surface area contributed by atoms with Gasteiger partial charge in [-0.1, -0.05) is 55.5 Å². The lowest BCUT2D eigenvalue weighted by atomic mass is 9.46. The predicted octanol–water partition coefficient (Wildman–Crippen LogP) is 5.74. The fraction of sp³-hybridized carbons (Fsp3) is 0.552. The molecule has 3 heteroatoms. The van der Waals surface area contributed by atoms with Crippen molar-refractivity contribution in [1.29, 1.82) is 0 Å². The van der Waals surface area contributed by atoms with Gasteiger partial charge in [-0.25, -0.2) is 0 Å². The van der Waals surface area contributed by atoms with Crippen LogP contribution in [0.2, 0.25) is 0 Å². The number of hydrogen-bond acceptors (Lipinski definition) is 2. The number of ketones is 1. The van der Waals surface area contributed by atoms with E-state index in [1.54, 1.807) is 0 Å². The number of aliphatic hydroxyl groups is 1. The second kappa shape index (κ2) is 6.85. The molecule has 1 aromatic carbocycles. The summed E-state index contributed by atoms with van der Waals surface area (Å²) in [5, 5.41) is 12.6. The number of carbonyl (C=O) groups excluding carboxylic acids is 1. The molecule has 1 spiro atoms. The Morgan fingerprint density at radius 3 is 2.81 bits per heavy atom. The number of aryl methyl sites for hydroxylation is 1. The largest absolute Gasteiger partial charge is 0.377 e. The lowest BCUT2D eigenvalue weighted by Crippen LogP contribution is -2.54. The molecule has 2 nitrogen and oxygen atoms in total. The smallest absolute Gasteiger partial charge is 0.156 e. The van der Waals surface area contributed by atoms with Gasteiger partial charge in [0.25, 0.3) is 0 Å². The zero-order valence-electron chi connectivity index (χ0n) is 19.0. The third kappa shape index (κ3) is 2.62. The fourth-order valence-electron chi connectivity index (χ4n) is 8.06. The summed E-state index contributed by atoms with van der Waals surface area (Å²) in [6, 6.07) is 6.62. The number of carbonyl (C=O) groups is 1. The van der Waals surface area contributed by atoms with Gasteiger partial charge in [0.15, 0.2) is 5.78 Å². The van der Waals surface area contributed by atoms with Gasteiger partial charge in [-0.3, -0.25) is 4.79 Å². The molecular formula is C29H31ClO2.